The highest BCUT2D eigenvalue weighted by atomic mass is 32.2. The largest absolute Gasteiger partial charge is 0.472 e. The van der Waals surface area contributed by atoms with Crippen molar-refractivity contribution in [1.82, 2.24) is 9.71 Å². The van der Waals surface area contributed by atoms with E-state index in [0.717, 1.165) is 48.9 Å². The molecule has 0 spiro atoms. The molecule has 1 aliphatic rings. The molecule has 2 aromatic heterocycles. The zero-order valence-electron chi connectivity index (χ0n) is 12.4. The summed E-state index contributed by atoms with van der Waals surface area (Å²) in [6.07, 6.45) is 9.63. The van der Waals surface area contributed by atoms with Crippen LogP contribution in [-0.4, -0.2) is 18.7 Å². The molecule has 0 aromatic carbocycles. The van der Waals surface area contributed by atoms with Crippen LogP contribution in [0.4, 0.5) is 0 Å². The summed E-state index contributed by atoms with van der Waals surface area (Å²) in [5, 5.41) is -0.237. The van der Waals surface area contributed by atoms with Crippen molar-refractivity contribution in [3.8, 4) is 11.3 Å². The average Bonchev–Trinajstić information content (AvgIpc) is 3.09. The van der Waals surface area contributed by atoms with Crippen molar-refractivity contribution < 1.29 is 12.8 Å². The van der Waals surface area contributed by atoms with E-state index in [1.165, 1.54) is 0 Å². The predicted octanol–water partition coefficient (Wildman–Crippen LogP) is 3.09. The van der Waals surface area contributed by atoms with Crippen LogP contribution >= 0.6 is 0 Å². The van der Waals surface area contributed by atoms with Gasteiger partial charge in [0, 0.05) is 18.3 Å². The Balaban J connectivity index is 1.61. The smallest absolute Gasteiger partial charge is 0.214 e. The summed E-state index contributed by atoms with van der Waals surface area (Å²) in [4.78, 5) is 4.34. The second-order valence-corrected chi connectivity index (χ2v) is 7.74. The number of furan rings is 1. The van der Waals surface area contributed by atoms with Crippen molar-refractivity contribution in [3.63, 3.8) is 0 Å². The first-order chi connectivity index (χ1) is 10.6. The minimum absolute atomic E-state index is 0.237. The lowest BCUT2D eigenvalue weighted by Crippen LogP contribution is -2.35. The molecule has 1 fully saturated rings. The number of hydrogen-bond acceptors (Lipinski definition) is 4. The molecule has 3 rings (SSSR count). The van der Waals surface area contributed by atoms with Crippen molar-refractivity contribution in [2.45, 2.75) is 43.9 Å². The fourth-order valence-electron chi connectivity index (χ4n) is 2.79. The number of nitrogens with zero attached hydrogens (tertiary/aromatic N) is 1. The zero-order chi connectivity index (χ0) is 15.4. The van der Waals surface area contributed by atoms with E-state index < -0.39 is 10.0 Å². The second kappa shape index (κ2) is 6.62. The van der Waals surface area contributed by atoms with E-state index in [0.29, 0.717) is 0 Å². The maximum absolute atomic E-state index is 12.3. The SMILES string of the molecule is O=S(=O)(NCc1ccc(-c2ccoc2)nc1)C1CCCCC1. The summed E-state index contributed by atoms with van der Waals surface area (Å²) >= 11 is 0. The summed E-state index contributed by atoms with van der Waals surface area (Å²) in [6.45, 7) is 0.289. The molecule has 22 heavy (non-hydrogen) atoms. The fraction of sp³-hybridized carbons (Fsp3) is 0.438. The number of aromatic nitrogens is 1. The quantitative estimate of drug-likeness (QED) is 0.919. The first-order valence-corrected chi connectivity index (χ1v) is 9.16. The molecule has 0 unspecified atom stereocenters. The summed E-state index contributed by atoms with van der Waals surface area (Å²) in [6, 6.07) is 5.60. The molecule has 0 saturated heterocycles. The zero-order valence-corrected chi connectivity index (χ0v) is 13.2. The van der Waals surface area contributed by atoms with Gasteiger partial charge in [0.15, 0.2) is 0 Å². The Bertz CT molecular complexity index is 688. The molecule has 1 saturated carbocycles. The number of pyridine rings is 1. The van der Waals surface area contributed by atoms with Crippen LogP contribution in [0.15, 0.2) is 41.3 Å². The third kappa shape index (κ3) is 3.56. The normalized spacial score (nSPS) is 16.7. The van der Waals surface area contributed by atoms with Gasteiger partial charge in [-0.1, -0.05) is 25.3 Å². The van der Waals surface area contributed by atoms with E-state index in [1.54, 1.807) is 18.7 Å². The number of rotatable bonds is 5. The van der Waals surface area contributed by atoms with E-state index in [-0.39, 0.29) is 11.8 Å². The Kier molecular flexibility index (Phi) is 4.59. The molecule has 0 atom stereocenters. The van der Waals surface area contributed by atoms with Gasteiger partial charge in [-0.05, 0) is 30.5 Å². The molecule has 0 aliphatic heterocycles. The van der Waals surface area contributed by atoms with Gasteiger partial charge in [0.25, 0.3) is 0 Å². The Labute approximate surface area is 130 Å². The number of hydrogen-bond donors (Lipinski definition) is 1. The first-order valence-electron chi connectivity index (χ1n) is 7.61. The molecule has 118 valence electrons. The molecule has 0 bridgehead atoms. The average molecular weight is 320 g/mol. The Morgan fingerprint density at radius 1 is 1.18 bits per heavy atom. The van der Waals surface area contributed by atoms with Crippen molar-refractivity contribution in [3.05, 3.63) is 42.5 Å². The minimum atomic E-state index is -3.23. The monoisotopic (exact) mass is 320 g/mol. The van der Waals surface area contributed by atoms with Gasteiger partial charge in [-0.2, -0.15) is 0 Å². The molecule has 0 amide bonds. The van der Waals surface area contributed by atoms with Gasteiger partial charge in [0.1, 0.15) is 0 Å². The summed E-state index contributed by atoms with van der Waals surface area (Å²) in [5.41, 5.74) is 2.58. The Hall–Kier alpha value is -1.66. The van der Waals surface area contributed by atoms with Crippen LogP contribution in [0.3, 0.4) is 0 Å². The van der Waals surface area contributed by atoms with Gasteiger partial charge in [-0.15, -0.1) is 0 Å². The highest BCUT2D eigenvalue weighted by molar-refractivity contribution is 7.90. The molecular weight excluding hydrogens is 300 g/mol. The highest BCUT2D eigenvalue weighted by Gasteiger charge is 2.26. The molecule has 2 heterocycles. The lowest BCUT2D eigenvalue weighted by Gasteiger charge is -2.22. The fourth-order valence-corrected chi connectivity index (χ4v) is 4.34. The third-order valence-electron chi connectivity index (χ3n) is 4.11. The van der Waals surface area contributed by atoms with Crippen LogP contribution < -0.4 is 4.72 Å². The van der Waals surface area contributed by atoms with E-state index in [9.17, 15) is 8.42 Å². The van der Waals surface area contributed by atoms with Gasteiger partial charge in [-0.25, -0.2) is 13.1 Å². The molecule has 6 heteroatoms. The molecule has 5 nitrogen and oxygen atoms in total. The van der Waals surface area contributed by atoms with Crippen LogP contribution in [0.5, 0.6) is 0 Å². The van der Waals surface area contributed by atoms with Crippen molar-refractivity contribution in [2.24, 2.45) is 0 Å². The third-order valence-corrected chi connectivity index (χ3v) is 6.01. The summed E-state index contributed by atoms with van der Waals surface area (Å²) in [7, 11) is -3.23. The lowest BCUT2D eigenvalue weighted by molar-refractivity contribution is 0.477. The second-order valence-electron chi connectivity index (χ2n) is 5.69. The topological polar surface area (TPSA) is 72.2 Å². The van der Waals surface area contributed by atoms with Gasteiger partial charge in [0.05, 0.1) is 23.5 Å². The molecule has 2 aromatic rings. The first kappa shape index (κ1) is 15.2. The van der Waals surface area contributed by atoms with Gasteiger partial charge in [0.2, 0.25) is 10.0 Å². The predicted molar refractivity (Wildman–Crippen MR) is 84.6 cm³/mol. The van der Waals surface area contributed by atoms with Crippen LogP contribution in [-0.2, 0) is 16.6 Å². The standard InChI is InChI=1S/C16H20N2O3S/c19-22(20,15-4-2-1-3-5-15)18-11-13-6-7-16(17-10-13)14-8-9-21-12-14/h6-10,12,15,18H,1-5,11H2. The number of sulfonamides is 1. The number of nitrogens with one attached hydrogen (secondary N) is 1. The molecule has 0 radical (unpaired) electrons. The van der Waals surface area contributed by atoms with Crippen molar-refractivity contribution in [2.75, 3.05) is 0 Å². The van der Waals surface area contributed by atoms with Crippen LogP contribution in [0.1, 0.15) is 37.7 Å². The van der Waals surface area contributed by atoms with E-state index >= 15 is 0 Å². The van der Waals surface area contributed by atoms with Gasteiger partial charge in [-0.3, -0.25) is 4.98 Å². The van der Waals surface area contributed by atoms with E-state index in [4.69, 9.17) is 4.42 Å². The van der Waals surface area contributed by atoms with Crippen LogP contribution in [0.25, 0.3) is 11.3 Å². The van der Waals surface area contributed by atoms with Crippen molar-refractivity contribution >= 4 is 10.0 Å². The molecule has 1 aliphatic carbocycles. The van der Waals surface area contributed by atoms with Crippen LogP contribution in [0.2, 0.25) is 0 Å². The maximum Gasteiger partial charge on any atom is 0.214 e. The Morgan fingerprint density at radius 3 is 2.64 bits per heavy atom. The molecular formula is C16H20N2O3S. The van der Waals surface area contributed by atoms with Gasteiger partial charge < -0.3 is 4.42 Å². The lowest BCUT2D eigenvalue weighted by atomic mass is 10.0. The van der Waals surface area contributed by atoms with Crippen molar-refractivity contribution in [1.29, 1.82) is 0 Å². The van der Waals surface area contributed by atoms with Crippen LogP contribution in [0, 0.1) is 0 Å². The maximum atomic E-state index is 12.3. The minimum Gasteiger partial charge on any atom is -0.472 e. The van der Waals surface area contributed by atoms with E-state index in [1.807, 2.05) is 18.2 Å². The molecule has 1 N–H and O–H groups in total. The Morgan fingerprint density at radius 2 is 2.00 bits per heavy atom. The highest BCUT2D eigenvalue weighted by Crippen LogP contribution is 2.23. The summed E-state index contributed by atoms with van der Waals surface area (Å²) in [5.74, 6) is 0. The van der Waals surface area contributed by atoms with Gasteiger partial charge >= 0.3 is 0 Å². The summed E-state index contributed by atoms with van der Waals surface area (Å²) < 4.78 is 32.3. The van der Waals surface area contributed by atoms with E-state index in [2.05, 4.69) is 9.71 Å².